The molecule has 0 amide bonds. The van der Waals surface area contributed by atoms with Crippen molar-refractivity contribution in [3.05, 3.63) is 64.2 Å². The average molecular weight is 415 g/mol. The van der Waals surface area contributed by atoms with Crippen LogP contribution in [0, 0.1) is 11.6 Å². The van der Waals surface area contributed by atoms with Crippen molar-refractivity contribution >= 4 is 38.3 Å². The summed E-state index contributed by atoms with van der Waals surface area (Å²) in [7, 11) is -4.68. The van der Waals surface area contributed by atoms with E-state index >= 15 is 0 Å². The lowest BCUT2D eigenvalue weighted by Crippen LogP contribution is -2.16. The van der Waals surface area contributed by atoms with E-state index in [2.05, 4.69) is 10.3 Å². The van der Waals surface area contributed by atoms with Gasteiger partial charge >= 0.3 is 10.2 Å². The molecule has 0 spiro atoms. The minimum Gasteiger partial charge on any atom is -0.382 e. The number of anilines is 2. The molecule has 0 fully saturated rings. The Bertz CT molecular complexity index is 1060. The Morgan fingerprint density at radius 2 is 1.96 bits per heavy atom. The standard InChI is InChI=1S/C16H12F3N3O3S2/c17-10-2-1-3-11(18)12(10)13(23)14-15(20)22-16(26-14)21-8-4-6-9(7-5-8)27(19,24)25/h1-6,9H,7,20H2,(H,21,22). The minimum absolute atomic E-state index is 0.0786. The highest BCUT2D eigenvalue weighted by molar-refractivity contribution is 7.87. The summed E-state index contributed by atoms with van der Waals surface area (Å²) in [5, 5.41) is 1.69. The molecule has 142 valence electrons. The van der Waals surface area contributed by atoms with E-state index in [0.717, 1.165) is 29.5 Å². The summed E-state index contributed by atoms with van der Waals surface area (Å²) in [6, 6.07) is 3.05. The van der Waals surface area contributed by atoms with Crippen LogP contribution in [0.4, 0.5) is 23.6 Å². The van der Waals surface area contributed by atoms with Crippen LogP contribution in [0.1, 0.15) is 21.7 Å². The Kier molecular flexibility index (Phi) is 5.07. The molecule has 11 heteroatoms. The summed E-state index contributed by atoms with van der Waals surface area (Å²) in [6.07, 6.45) is 3.89. The fraction of sp³-hybridized carbons (Fsp3) is 0.125. The number of allylic oxidation sites excluding steroid dienone is 2. The Morgan fingerprint density at radius 3 is 2.52 bits per heavy atom. The number of thiazole rings is 1. The molecule has 1 aromatic heterocycles. The van der Waals surface area contributed by atoms with Crippen LogP contribution in [-0.2, 0) is 10.2 Å². The number of halogens is 3. The molecule has 1 aromatic carbocycles. The molecule has 3 N–H and O–H groups in total. The molecule has 0 radical (unpaired) electrons. The molecule has 2 aromatic rings. The molecule has 27 heavy (non-hydrogen) atoms. The fourth-order valence-corrected chi connectivity index (χ4v) is 3.85. The first-order valence-electron chi connectivity index (χ1n) is 7.50. The second-order valence-electron chi connectivity index (χ2n) is 5.55. The quantitative estimate of drug-likeness (QED) is 0.575. The van der Waals surface area contributed by atoms with Crippen molar-refractivity contribution < 1.29 is 25.9 Å². The maximum atomic E-state index is 13.8. The third kappa shape index (κ3) is 4.03. The molecule has 0 saturated heterocycles. The van der Waals surface area contributed by atoms with Gasteiger partial charge in [-0.15, -0.1) is 3.89 Å². The van der Waals surface area contributed by atoms with Crippen LogP contribution in [0.2, 0.25) is 0 Å². The number of nitrogens with two attached hydrogens (primary N) is 1. The summed E-state index contributed by atoms with van der Waals surface area (Å²) in [5.74, 6) is -3.18. The Balaban J connectivity index is 1.81. The number of hydrogen-bond acceptors (Lipinski definition) is 7. The SMILES string of the molecule is Nc1nc(NC2=CCC(S(=O)(=O)F)C=C2)sc1C(=O)c1c(F)cccc1F. The largest absolute Gasteiger partial charge is 0.382 e. The lowest BCUT2D eigenvalue weighted by atomic mass is 10.1. The van der Waals surface area contributed by atoms with Crippen molar-refractivity contribution in [1.82, 2.24) is 4.98 Å². The first kappa shape index (κ1) is 19.1. The third-order valence-corrected chi connectivity index (χ3v) is 5.78. The molecule has 0 aliphatic heterocycles. The highest BCUT2D eigenvalue weighted by Crippen LogP contribution is 2.30. The zero-order valence-electron chi connectivity index (χ0n) is 13.4. The minimum atomic E-state index is -4.68. The molecule has 1 heterocycles. The Labute approximate surface area is 156 Å². The maximum Gasteiger partial charge on any atom is 0.309 e. The van der Waals surface area contributed by atoms with E-state index in [4.69, 9.17) is 5.73 Å². The number of nitrogens with one attached hydrogen (secondary N) is 1. The number of ketones is 1. The van der Waals surface area contributed by atoms with Crippen LogP contribution in [-0.4, -0.2) is 24.4 Å². The number of nitrogen functional groups attached to an aromatic ring is 1. The number of hydrogen-bond donors (Lipinski definition) is 2. The molecule has 3 rings (SSSR count). The van der Waals surface area contributed by atoms with Gasteiger partial charge in [-0.1, -0.05) is 29.6 Å². The van der Waals surface area contributed by atoms with Crippen LogP contribution in [0.3, 0.4) is 0 Å². The van der Waals surface area contributed by atoms with Gasteiger partial charge in [-0.25, -0.2) is 13.8 Å². The van der Waals surface area contributed by atoms with Crippen LogP contribution in [0.25, 0.3) is 0 Å². The average Bonchev–Trinajstić information content (AvgIpc) is 2.94. The number of carbonyl (C=O) groups is 1. The number of rotatable bonds is 5. The first-order valence-corrected chi connectivity index (χ1v) is 9.77. The lowest BCUT2D eigenvalue weighted by Gasteiger charge is -2.12. The van der Waals surface area contributed by atoms with E-state index in [0.29, 0.717) is 5.70 Å². The number of benzene rings is 1. The van der Waals surface area contributed by atoms with Gasteiger partial charge in [-0.3, -0.25) is 4.79 Å². The molecule has 1 aliphatic rings. The first-order chi connectivity index (χ1) is 12.7. The van der Waals surface area contributed by atoms with Crippen molar-refractivity contribution in [2.45, 2.75) is 11.7 Å². The van der Waals surface area contributed by atoms with Crippen LogP contribution in [0.5, 0.6) is 0 Å². The predicted molar refractivity (Wildman–Crippen MR) is 95.6 cm³/mol. The van der Waals surface area contributed by atoms with E-state index in [9.17, 15) is 25.9 Å². The normalized spacial score (nSPS) is 16.9. The van der Waals surface area contributed by atoms with Crippen molar-refractivity contribution in [1.29, 1.82) is 0 Å². The van der Waals surface area contributed by atoms with Gasteiger partial charge < -0.3 is 11.1 Å². The molecule has 0 saturated carbocycles. The third-order valence-electron chi connectivity index (χ3n) is 3.72. The second kappa shape index (κ2) is 7.16. The summed E-state index contributed by atoms with van der Waals surface area (Å²) < 4.78 is 62.3. The van der Waals surface area contributed by atoms with Gasteiger partial charge in [0.05, 0.1) is 5.56 Å². The van der Waals surface area contributed by atoms with Crippen LogP contribution >= 0.6 is 11.3 Å². The zero-order valence-corrected chi connectivity index (χ0v) is 15.1. The fourth-order valence-electron chi connectivity index (χ4n) is 2.40. The Hall–Kier alpha value is -2.66. The van der Waals surface area contributed by atoms with E-state index in [1.165, 1.54) is 18.2 Å². The monoisotopic (exact) mass is 415 g/mol. The number of nitrogens with zero attached hydrogens (tertiary/aromatic N) is 1. The van der Waals surface area contributed by atoms with E-state index in [1.807, 2.05) is 0 Å². The molecular formula is C16H12F3N3O3S2. The summed E-state index contributed by atoms with van der Waals surface area (Å²) in [4.78, 5) is 16.2. The van der Waals surface area contributed by atoms with Crippen molar-refractivity contribution in [3.8, 4) is 0 Å². The van der Waals surface area contributed by atoms with Gasteiger partial charge in [0.15, 0.2) is 5.13 Å². The summed E-state index contributed by atoms with van der Waals surface area (Å²) >= 11 is 0.783. The van der Waals surface area contributed by atoms with Crippen LogP contribution in [0.15, 0.2) is 42.1 Å². The van der Waals surface area contributed by atoms with Crippen molar-refractivity contribution in [2.24, 2.45) is 0 Å². The van der Waals surface area contributed by atoms with Crippen LogP contribution < -0.4 is 11.1 Å². The molecule has 6 nitrogen and oxygen atoms in total. The summed E-state index contributed by atoms with van der Waals surface area (Å²) in [5.41, 5.74) is 5.38. The molecule has 0 bridgehead atoms. The molecule has 1 unspecified atom stereocenters. The number of aromatic nitrogens is 1. The highest BCUT2D eigenvalue weighted by Gasteiger charge is 2.25. The number of carbonyl (C=O) groups excluding carboxylic acids is 1. The van der Waals surface area contributed by atoms with Gasteiger partial charge in [0.2, 0.25) is 5.78 Å². The van der Waals surface area contributed by atoms with Gasteiger partial charge in [-0.2, -0.15) is 8.42 Å². The lowest BCUT2D eigenvalue weighted by molar-refractivity contribution is 0.103. The van der Waals surface area contributed by atoms with Gasteiger partial charge in [0, 0.05) is 5.70 Å². The highest BCUT2D eigenvalue weighted by atomic mass is 32.3. The summed E-state index contributed by atoms with van der Waals surface area (Å²) in [6.45, 7) is 0. The zero-order chi connectivity index (χ0) is 19.8. The molecule has 1 atom stereocenters. The van der Waals surface area contributed by atoms with E-state index < -0.39 is 38.5 Å². The maximum absolute atomic E-state index is 13.8. The van der Waals surface area contributed by atoms with E-state index in [-0.39, 0.29) is 22.2 Å². The van der Waals surface area contributed by atoms with Gasteiger partial charge in [0.25, 0.3) is 0 Å². The van der Waals surface area contributed by atoms with Gasteiger partial charge in [0.1, 0.15) is 27.6 Å². The second-order valence-corrected chi connectivity index (χ2v) is 8.11. The van der Waals surface area contributed by atoms with Crippen molar-refractivity contribution in [2.75, 3.05) is 11.1 Å². The predicted octanol–water partition coefficient (Wildman–Crippen LogP) is 3.16. The topological polar surface area (TPSA) is 102 Å². The molecule has 1 aliphatic carbocycles. The smallest absolute Gasteiger partial charge is 0.309 e. The van der Waals surface area contributed by atoms with Gasteiger partial charge in [-0.05, 0) is 24.6 Å². The Morgan fingerprint density at radius 1 is 1.30 bits per heavy atom. The van der Waals surface area contributed by atoms with E-state index in [1.54, 1.807) is 0 Å². The molecular weight excluding hydrogens is 403 g/mol. The van der Waals surface area contributed by atoms with Crippen molar-refractivity contribution in [3.63, 3.8) is 0 Å².